The molecule has 0 bridgehead atoms. The van der Waals surface area contributed by atoms with Crippen molar-refractivity contribution in [2.75, 3.05) is 19.3 Å². The summed E-state index contributed by atoms with van der Waals surface area (Å²) in [5.74, 6) is 0.571. The molecule has 0 unspecified atom stereocenters. The zero-order valence-electron chi connectivity index (χ0n) is 12.4. The highest BCUT2D eigenvalue weighted by Crippen LogP contribution is 2.26. The average molecular weight is 261 g/mol. The predicted octanol–water partition coefficient (Wildman–Crippen LogP) is 1.97. The van der Waals surface area contributed by atoms with Gasteiger partial charge in [-0.05, 0) is 40.3 Å². The zero-order chi connectivity index (χ0) is 14.2. The van der Waals surface area contributed by atoms with Crippen molar-refractivity contribution in [1.82, 2.24) is 19.4 Å². The Hall–Kier alpha value is -1.62. The summed E-state index contributed by atoms with van der Waals surface area (Å²) in [5, 5.41) is 0.993. The number of nitrogens with two attached hydrogens (primary N) is 1. The summed E-state index contributed by atoms with van der Waals surface area (Å²) in [7, 11) is 2.14. The Morgan fingerprint density at radius 1 is 1.32 bits per heavy atom. The Balaban J connectivity index is 2.38. The van der Waals surface area contributed by atoms with Gasteiger partial charge in [0.1, 0.15) is 17.8 Å². The second-order valence-corrected chi connectivity index (χ2v) is 5.39. The van der Waals surface area contributed by atoms with E-state index in [1.807, 2.05) is 0 Å². The van der Waals surface area contributed by atoms with Crippen LogP contribution in [0.15, 0.2) is 6.33 Å². The summed E-state index contributed by atoms with van der Waals surface area (Å²) < 4.78 is 2.24. The summed E-state index contributed by atoms with van der Waals surface area (Å²) in [4.78, 5) is 10.8. The van der Waals surface area contributed by atoms with E-state index < -0.39 is 0 Å². The third kappa shape index (κ3) is 2.42. The summed E-state index contributed by atoms with van der Waals surface area (Å²) in [6, 6.07) is 0.544. The molecule has 2 aromatic rings. The fourth-order valence-corrected chi connectivity index (χ4v) is 2.29. The van der Waals surface area contributed by atoms with Crippen molar-refractivity contribution in [3.05, 3.63) is 17.6 Å². The van der Waals surface area contributed by atoms with Gasteiger partial charge in [0.2, 0.25) is 0 Å². The molecule has 2 N–H and O–H groups in total. The van der Waals surface area contributed by atoms with Gasteiger partial charge >= 0.3 is 0 Å². The highest BCUT2D eigenvalue weighted by molar-refractivity contribution is 5.90. The van der Waals surface area contributed by atoms with E-state index in [2.05, 4.69) is 54.2 Å². The van der Waals surface area contributed by atoms with Crippen molar-refractivity contribution >= 4 is 16.9 Å². The van der Waals surface area contributed by atoms with Crippen LogP contribution in [0.2, 0.25) is 0 Å². The van der Waals surface area contributed by atoms with Crippen LogP contribution in [0.4, 0.5) is 5.82 Å². The largest absolute Gasteiger partial charge is 0.383 e. The number of hydrogen-bond donors (Lipinski definition) is 1. The molecule has 19 heavy (non-hydrogen) atoms. The fourth-order valence-electron chi connectivity index (χ4n) is 2.29. The molecule has 0 amide bonds. The lowest BCUT2D eigenvalue weighted by molar-refractivity contribution is 0.263. The minimum atomic E-state index is 0.544. The number of likely N-dealkylation sites (N-methyl/N-ethyl adjacent to an activating group) is 1. The fraction of sp³-hybridized carbons (Fsp3) is 0.571. The first-order valence-electron chi connectivity index (χ1n) is 6.69. The van der Waals surface area contributed by atoms with Crippen LogP contribution < -0.4 is 5.73 Å². The van der Waals surface area contributed by atoms with Gasteiger partial charge in [0.15, 0.2) is 0 Å². The molecule has 0 fully saturated rings. The number of hydrogen-bond acceptors (Lipinski definition) is 4. The normalized spacial score (nSPS) is 11.9. The molecule has 0 spiro atoms. The van der Waals surface area contributed by atoms with Crippen molar-refractivity contribution in [1.29, 1.82) is 0 Å². The number of rotatable bonds is 4. The van der Waals surface area contributed by atoms with Gasteiger partial charge < -0.3 is 15.2 Å². The van der Waals surface area contributed by atoms with Crippen molar-refractivity contribution < 1.29 is 0 Å². The van der Waals surface area contributed by atoms with Crippen LogP contribution in [-0.2, 0) is 6.54 Å². The van der Waals surface area contributed by atoms with Gasteiger partial charge in [0.25, 0.3) is 0 Å². The molecule has 2 aromatic heterocycles. The number of nitrogens with zero attached hydrogens (tertiary/aromatic N) is 4. The van der Waals surface area contributed by atoms with E-state index in [1.165, 1.54) is 11.3 Å². The van der Waals surface area contributed by atoms with Gasteiger partial charge in [-0.3, -0.25) is 0 Å². The molecule has 104 valence electrons. The maximum atomic E-state index is 5.97. The van der Waals surface area contributed by atoms with E-state index in [9.17, 15) is 0 Å². The lowest BCUT2D eigenvalue weighted by Gasteiger charge is -2.21. The minimum Gasteiger partial charge on any atom is -0.383 e. The number of fused-ring (bicyclic) bond motifs is 1. The third-order valence-corrected chi connectivity index (χ3v) is 3.99. The van der Waals surface area contributed by atoms with E-state index in [1.54, 1.807) is 6.33 Å². The second kappa shape index (κ2) is 5.17. The molecule has 0 aromatic carbocycles. The van der Waals surface area contributed by atoms with Crippen molar-refractivity contribution in [2.45, 2.75) is 40.3 Å². The quantitative estimate of drug-likeness (QED) is 0.914. The Morgan fingerprint density at radius 3 is 2.63 bits per heavy atom. The van der Waals surface area contributed by atoms with Crippen LogP contribution in [0.5, 0.6) is 0 Å². The average Bonchev–Trinajstić information content (AvgIpc) is 2.60. The van der Waals surface area contributed by atoms with Crippen LogP contribution in [0.3, 0.4) is 0 Å². The molecule has 0 saturated heterocycles. The number of aryl methyl sites for hydroxylation is 1. The lowest BCUT2D eigenvalue weighted by atomic mass is 10.2. The van der Waals surface area contributed by atoms with Crippen molar-refractivity contribution in [3.8, 4) is 0 Å². The van der Waals surface area contributed by atoms with E-state index >= 15 is 0 Å². The van der Waals surface area contributed by atoms with E-state index in [4.69, 9.17) is 5.73 Å². The molecule has 0 aliphatic carbocycles. The highest BCUT2D eigenvalue weighted by Gasteiger charge is 2.15. The maximum Gasteiger partial charge on any atom is 0.145 e. The molecule has 0 aliphatic rings. The molecule has 0 saturated carbocycles. The topological polar surface area (TPSA) is 60.0 Å². The Labute approximate surface area is 114 Å². The van der Waals surface area contributed by atoms with Crippen molar-refractivity contribution in [3.63, 3.8) is 0 Å². The van der Waals surface area contributed by atoms with Gasteiger partial charge in [-0.1, -0.05) is 0 Å². The highest BCUT2D eigenvalue weighted by atomic mass is 15.2. The molecule has 5 heteroatoms. The predicted molar refractivity (Wildman–Crippen MR) is 79.2 cm³/mol. The maximum absolute atomic E-state index is 5.97. The van der Waals surface area contributed by atoms with Gasteiger partial charge in [-0.2, -0.15) is 0 Å². The van der Waals surface area contributed by atoms with Gasteiger partial charge in [0.05, 0.1) is 5.39 Å². The molecule has 2 rings (SSSR count). The standard InChI is InChI=1S/C14H23N5/c1-9(2)18(5)6-7-19-11(4)10(3)12-13(15)16-8-17-14(12)19/h8-9H,6-7H2,1-5H3,(H2,15,16,17). The molecule has 0 atom stereocenters. The Bertz CT molecular complexity index is 585. The molecule has 5 nitrogen and oxygen atoms in total. The van der Waals surface area contributed by atoms with Crippen LogP contribution in [-0.4, -0.2) is 39.1 Å². The van der Waals surface area contributed by atoms with Gasteiger partial charge in [-0.15, -0.1) is 0 Å². The van der Waals surface area contributed by atoms with E-state index in [0.717, 1.165) is 24.1 Å². The second-order valence-electron chi connectivity index (χ2n) is 5.39. The zero-order valence-corrected chi connectivity index (χ0v) is 12.4. The lowest BCUT2D eigenvalue weighted by Crippen LogP contribution is -2.30. The Kier molecular flexibility index (Phi) is 3.75. The first-order valence-corrected chi connectivity index (χ1v) is 6.69. The van der Waals surface area contributed by atoms with Crippen LogP contribution in [0.25, 0.3) is 11.0 Å². The van der Waals surface area contributed by atoms with E-state index in [0.29, 0.717) is 11.9 Å². The third-order valence-electron chi connectivity index (χ3n) is 3.99. The SMILES string of the molecule is Cc1c(C)n(CCN(C)C(C)C)c2ncnc(N)c12. The smallest absolute Gasteiger partial charge is 0.145 e. The van der Waals surface area contributed by atoms with Gasteiger partial charge in [0, 0.05) is 24.8 Å². The first-order chi connectivity index (χ1) is 8.93. The van der Waals surface area contributed by atoms with Crippen LogP contribution >= 0.6 is 0 Å². The van der Waals surface area contributed by atoms with E-state index in [-0.39, 0.29) is 0 Å². The minimum absolute atomic E-state index is 0.544. The molecular weight excluding hydrogens is 238 g/mol. The Morgan fingerprint density at radius 2 is 2.00 bits per heavy atom. The van der Waals surface area contributed by atoms with Crippen LogP contribution in [0.1, 0.15) is 25.1 Å². The summed E-state index contributed by atoms with van der Waals surface area (Å²) >= 11 is 0. The molecule has 0 radical (unpaired) electrons. The number of aromatic nitrogens is 3. The van der Waals surface area contributed by atoms with Crippen molar-refractivity contribution in [2.24, 2.45) is 0 Å². The summed E-state index contributed by atoms with van der Waals surface area (Å²) in [5.41, 5.74) is 9.32. The van der Waals surface area contributed by atoms with Gasteiger partial charge in [-0.25, -0.2) is 9.97 Å². The first kappa shape index (κ1) is 13.8. The number of anilines is 1. The number of nitrogen functional groups attached to an aromatic ring is 1. The molecular formula is C14H23N5. The summed E-state index contributed by atoms with van der Waals surface area (Å²) in [6.07, 6.45) is 1.54. The summed E-state index contributed by atoms with van der Waals surface area (Å²) in [6.45, 7) is 10.5. The van der Waals surface area contributed by atoms with Crippen LogP contribution in [0, 0.1) is 13.8 Å². The molecule has 2 heterocycles. The monoisotopic (exact) mass is 261 g/mol. The molecule has 0 aliphatic heterocycles.